The lowest BCUT2D eigenvalue weighted by atomic mass is 10.1. The van der Waals surface area contributed by atoms with Crippen LogP contribution in [-0.2, 0) is 16.3 Å². The first-order valence-electron chi connectivity index (χ1n) is 8.26. The lowest BCUT2D eigenvalue weighted by Crippen LogP contribution is -2.07. The third-order valence-corrected chi connectivity index (χ3v) is 5.51. The number of nitrogens with one attached hydrogen (secondary N) is 2. The van der Waals surface area contributed by atoms with Gasteiger partial charge in [-0.05, 0) is 36.2 Å². The minimum atomic E-state index is -3.28. The molecule has 2 N–H and O–H groups in total. The highest BCUT2D eigenvalue weighted by atomic mass is 32.2. The average Bonchev–Trinajstić information content (AvgIpc) is 3.04. The number of nitrogens with zero attached hydrogens (tertiary/aromatic N) is 2. The highest BCUT2D eigenvalue weighted by Crippen LogP contribution is 2.23. The lowest BCUT2D eigenvalue weighted by Gasteiger charge is -2.09. The van der Waals surface area contributed by atoms with Crippen molar-refractivity contribution in [2.24, 2.45) is 0 Å². The maximum atomic E-state index is 11.8. The Morgan fingerprint density at radius 3 is 2.77 bits per heavy atom. The fourth-order valence-corrected chi connectivity index (χ4v) is 3.71. The van der Waals surface area contributed by atoms with Crippen LogP contribution < -0.4 is 5.32 Å². The van der Waals surface area contributed by atoms with Gasteiger partial charge in [0.2, 0.25) is 0 Å². The van der Waals surface area contributed by atoms with E-state index in [1.54, 1.807) is 18.2 Å². The van der Waals surface area contributed by atoms with Crippen molar-refractivity contribution in [1.82, 2.24) is 15.0 Å². The monoisotopic (exact) mass is 366 g/mol. The van der Waals surface area contributed by atoms with Gasteiger partial charge in [0, 0.05) is 35.3 Å². The van der Waals surface area contributed by atoms with Crippen molar-refractivity contribution in [2.45, 2.75) is 11.3 Å². The minimum Gasteiger partial charge on any atom is -0.369 e. The maximum Gasteiger partial charge on any atom is 0.175 e. The molecule has 132 valence electrons. The molecule has 2 aromatic carbocycles. The lowest BCUT2D eigenvalue weighted by molar-refractivity contribution is 0.602. The molecule has 0 atom stereocenters. The fraction of sp³-hybridized carbons (Fsp3) is 0.158. The van der Waals surface area contributed by atoms with E-state index in [2.05, 4.69) is 32.4 Å². The van der Waals surface area contributed by atoms with E-state index in [1.807, 2.05) is 18.3 Å². The molecule has 0 aliphatic heterocycles. The van der Waals surface area contributed by atoms with Gasteiger partial charge < -0.3 is 10.3 Å². The Balaban J connectivity index is 1.59. The van der Waals surface area contributed by atoms with Gasteiger partial charge in [0.1, 0.15) is 12.1 Å². The van der Waals surface area contributed by atoms with Crippen LogP contribution in [0.25, 0.3) is 21.8 Å². The molecule has 0 unspecified atom stereocenters. The number of para-hydroxylation sites is 1. The van der Waals surface area contributed by atoms with Crippen molar-refractivity contribution in [3.63, 3.8) is 0 Å². The molecule has 0 aliphatic carbocycles. The molecule has 2 heterocycles. The summed E-state index contributed by atoms with van der Waals surface area (Å²) < 4.78 is 23.6. The van der Waals surface area contributed by atoms with Crippen LogP contribution in [-0.4, -0.2) is 36.2 Å². The van der Waals surface area contributed by atoms with E-state index < -0.39 is 9.84 Å². The van der Waals surface area contributed by atoms with Crippen LogP contribution in [0.1, 0.15) is 5.56 Å². The Kier molecular flexibility index (Phi) is 4.08. The predicted molar refractivity (Wildman–Crippen MR) is 103 cm³/mol. The van der Waals surface area contributed by atoms with Crippen LogP contribution >= 0.6 is 0 Å². The molecule has 0 amide bonds. The smallest absolute Gasteiger partial charge is 0.175 e. The largest absolute Gasteiger partial charge is 0.369 e. The third kappa shape index (κ3) is 3.13. The van der Waals surface area contributed by atoms with Gasteiger partial charge in [-0.2, -0.15) is 0 Å². The molecule has 0 bridgehead atoms. The number of benzene rings is 2. The number of aromatic nitrogens is 3. The molecular formula is C19H18N4O2S. The average molecular weight is 366 g/mol. The Hall–Kier alpha value is -2.93. The molecule has 0 saturated heterocycles. The van der Waals surface area contributed by atoms with Gasteiger partial charge in [0.15, 0.2) is 9.84 Å². The second-order valence-electron chi connectivity index (χ2n) is 6.21. The zero-order valence-corrected chi connectivity index (χ0v) is 15.0. The van der Waals surface area contributed by atoms with Crippen molar-refractivity contribution in [2.75, 3.05) is 18.1 Å². The quantitative estimate of drug-likeness (QED) is 0.566. The first-order valence-corrected chi connectivity index (χ1v) is 10.2. The summed E-state index contributed by atoms with van der Waals surface area (Å²) >= 11 is 0. The van der Waals surface area contributed by atoms with E-state index >= 15 is 0 Å². The molecule has 26 heavy (non-hydrogen) atoms. The normalized spacial score (nSPS) is 11.9. The molecule has 7 heteroatoms. The zero-order chi connectivity index (χ0) is 18.1. The molecule has 2 aromatic heterocycles. The van der Waals surface area contributed by atoms with Crippen molar-refractivity contribution >= 4 is 37.5 Å². The Labute approximate surface area is 151 Å². The fourth-order valence-electron chi connectivity index (χ4n) is 3.06. The number of anilines is 1. The Morgan fingerprint density at radius 1 is 1.08 bits per heavy atom. The number of hydrogen-bond donors (Lipinski definition) is 2. The van der Waals surface area contributed by atoms with Crippen molar-refractivity contribution < 1.29 is 8.42 Å². The Morgan fingerprint density at radius 2 is 1.92 bits per heavy atom. The summed E-state index contributed by atoms with van der Waals surface area (Å²) in [4.78, 5) is 12.0. The topological polar surface area (TPSA) is 87.7 Å². The summed E-state index contributed by atoms with van der Waals surface area (Å²) in [5.74, 6) is 0.639. The molecule has 0 aliphatic rings. The summed E-state index contributed by atoms with van der Waals surface area (Å²) in [6, 6.07) is 13.1. The van der Waals surface area contributed by atoms with Gasteiger partial charge in [0.05, 0.1) is 10.4 Å². The second-order valence-corrected chi connectivity index (χ2v) is 8.23. The van der Waals surface area contributed by atoms with Crippen LogP contribution in [0, 0.1) is 0 Å². The van der Waals surface area contributed by atoms with Crippen LogP contribution in [0.5, 0.6) is 0 Å². The summed E-state index contributed by atoms with van der Waals surface area (Å²) in [6.45, 7) is 0.678. The van der Waals surface area contributed by atoms with E-state index in [9.17, 15) is 8.42 Å². The number of sulfone groups is 1. The van der Waals surface area contributed by atoms with Crippen LogP contribution in [0.15, 0.2) is 59.9 Å². The first-order chi connectivity index (χ1) is 12.5. The standard InChI is InChI=1S/C19H18N4O2S/c1-26(24,25)14-6-7-18-16(10-14)19(23-12-22-18)20-9-8-13-11-21-17-5-3-2-4-15(13)17/h2-7,10-12,21H,8-9H2,1H3,(H,20,22,23). The highest BCUT2D eigenvalue weighted by molar-refractivity contribution is 7.90. The van der Waals surface area contributed by atoms with Gasteiger partial charge in [-0.25, -0.2) is 18.4 Å². The third-order valence-electron chi connectivity index (χ3n) is 4.40. The molecule has 6 nitrogen and oxygen atoms in total. The van der Waals surface area contributed by atoms with Gasteiger partial charge in [-0.1, -0.05) is 18.2 Å². The van der Waals surface area contributed by atoms with Gasteiger partial charge in [0.25, 0.3) is 0 Å². The molecule has 4 aromatic rings. The number of H-pyrrole nitrogens is 1. The van der Waals surface area contributed by atoms with E-state index in [4.69, 9.17) is 0 Å². The summed E-state index contributed by atoms with van der Waals surface area (Å²) in [6.07, 6.45) is 5.52. The van der Waals surface area contributed by atoms with E-state index in [1.165, 1.54) is 23.5 Å². The minimum absolute atomic E-state index is 0.263. The zero-order valence-electron chi connectivity index (χ0n) is 14.2. The Bertz CT molecular complexity index is 1200. The van der Waals surface area contributed by atoms with Gasteiger partial charge in [-0.15, -0.1) is 0 Å². The van der Waals surface area contributed by atoms with Crippen LogP contribution in [0.2, 0.25) is 0 Å². The van der Waals surface area contributed by atoms with Crippen LogP contribution in [0.3, 0.4) is 0 Å². The van der Waals surface area contributed by atoms with Crippen molar-refractivity contribution in [3.8, 4) is 0 Å². The molecule has 0 saturated carbocycles. The van der Waals surface area contributed by atoms with Gasteiger partial charge >= 0.3 is 0 Å². The van der Waals surface area contributed by atoms with Crippen molar-refractivity contribution in [3.05, 3.63) is 60.6 Å². The van der Waals surface area contributed by atoms with E-state index in [-0.39, 0.29) is 4.90 Å². The maximum absolute atomic E-state index is 11.8. The number of aromatic amines is 1. The van der Waals surface area contributed by atoms with E-state index in [0.717, 1.165) is 11.9 Å². The molecular weight excluding hydrogens is 348 g/mol. The number of fused-ring (bicyclic) bond motifs is 2. The first kappa shape index (κ1) is 16.5. The predicted octanol–water partition coefficient (Wildman–Crippen LogP) is 3.17. The second kappa shape index (κ2) is 6.42. The van der Waals surface area contributed by atoms with Crippen LogP contribution in [0.4, 0.5) is 5.82 Å². The highest BCUT2D eigenvalue weighted by Gasteiger charge is 2.11. The summed E-state index contributed by atoms with van der Waals surface area (Å²) in [5.41, 5.74) is 3.05. The molecule has 0 radical (unpaired) electrons. The SMILES string of the molecule is CS(=O)(=O)c1ccc2ncnc(NCCc3c[nH]c4ccccc34)c2c1. The molecule has 0 fully saturated rings. The molecule has 0 spiro atoms. The summed E-state index contributed by atoms with van der Waals surface area (Å²) in [5, 5.41) is 5.22. The number of hydrogen-bond acceptors (Lipinski definition) is 5. The summed E-state index contributed by atoms with van der Waals surface area (Å²) in [7, 11) is -3.28. The van der Waals surface area contributed by atoms with Gasteiger partial charge in [-0.3, -0.25) is 0 Å². The van der Waals surface area contributed by atoms with Crippen molar-refractivity contribution in [1.29, 1.82) is 0 Å². The van der Waals surface area contributed by atoms with E-state index in [0.29, 0.717) is 23.3 Å². The molecule has 4 rings (SSSR count). The number of rotatable bonds is 5.